The first-order valence-electron chi connectivity index (χ1n) is 7.86. The van der Waals surface area contributed by atoms with Gasteiger partial charge < -0.3 is 19.6 Å². The van der Waals surface area contributed by atoms with E-state index in [-0.39, 0.29) is 24.1 Å². The highest BCUT2D eigenvalue weighted by atomic mass is 19.1. The summed E-state index contributed by atoms with van der Waals surface area (Å²) in [4.78, 5) is 23.3. The van der Waals surface area contributed by atoms with Crippen molar-refractivity contribution in [2.24, 2.45) is 5.92 Å². The Kier molecular flexibility index (Phi) is 6.16. The predicted molar refractivity (Wildman–Crippen MR) is 87.8 cm³/mol. The van der Waals surface area contributed by atoms with E-state index in [0.29, 0.717) is 17.9 Å². The second kappa shape index (κ2) is 8.32. The summed E-state index contributed by atoms with van der Waals surface area (Å²) in [5.41, 5.74) is 0. The summed E-state index contributed by atoms with van der Waals surface area (Å²) in [5.74, 6) is -1.06. The summed E-state index contributed by atoms with van der Waals surface area (Å²) in [6, 6.07) is 7.55. The summed E-state index contributed by atoms with van der Waals surface area (Å²) in [7, 11) is 0. The SMILES string of the molecule is CC(C)C[C@H](NC(=O)c1ccc(COc2ccc(F)cc2)o1)C(=O)O. The maximum Gasteiger partial charge on any atom is 0.326 e. The number of furan rings is 1. The lowest BCUT2D eigenvalue weighted by atomic mass is 10.0. The first-order valence-corrected chi connectivity index (χ1v) is 7.86. The second-order valence-corrected chi connectivity index (χ2v) is 6.00. The number of ether oxygens (including phenoxy) is 1. The van der Waals surface area contributed by atoms with Gasteiger partial charge in [0.05, 0.1) is 0 Å². The number of carboxylic acids is 1. The summed E-state index contributed by atoms with van der Waals surface area (Å²) >= 11 is 0. The topological polar surface area (TPSA) is 88.8 Å². The van der Waals surface area contributed by atoms with Gasteiger partial charge in [0, 0.05) is 0 Å². The highest BCUT2D eigenvalue weighted by molar-refractivity contribution is 5.94. The van der Waals surface area contributed by atoms with E-state index in [1.54, 1.807) is 6.07 Å². The number of hydrogen-bond donors (Lipinski definition) is 2. The molecule has 1 aromatic heterocycles. The van der Waals surface area contributed by atoms with Gasteiger partial charge in [-0.2, -0.15) is 0 Å². The van der Waals surface area contributed by atoms with Crippen LogP contribution >= 0.6 is 0 Å². The Labute approximate surface area is 144 Å². The molecule has 2 N–H and O–H groups in total. The van der Waals surface area contributed by atoms with Crippen molar-refractivity contribution in [1.82, 2.24) is 5.32 Å². The van der Waals surface area contributed by atoms with Gasteiger partial charge in [0.2, 0.25) is 0 Å². The van der Waals surface area contributed by atoms with E-state index in [4.69, 9.17) is 14.3 Å². The molecule has 1 amide bonds. The molecular weight excluding hydrogens is 329 g/mol. The number of rotatable bonds is 8. The molecule has 0 fully saturated rings. The molecule has 0 radical (unpaired) electrons. The van der Waals surface area contributed by atoms with Crippen molar-refractivity contribution in [3.8, 4) is 5.75 Å². The number of halogens is 1. The zero-order valence-corrected chi connectivity index (χ0v) is 14.0. The van der Waals surface area contributed by atoms with E-state index >= 15 is 0 Å². The van der Waals surface area contributed by atoms with Crippen LogP contribution in [-0.2, 0) is 11.4 Å². The highest BCUT2D eigenvalue weighted by Gasteiger charge is 2.23. The molecule has 6 nitrogen and oxygen atoms in total. The Morgan fingerprint density at radius 2 is 1.88 bits per heavy atom. The molecule has 0 saturated carbocycles. The lowest BCUT2D eigenvalue weighted by molar-refractivity contribution is -0.139. The van der Waals surface area contributed by atoms with Crippen molar-refractivity contribution in [2.45, 2.75) is 32.9 Å². The average Bonchev–Trinajstić information content (AvgIpc) is 3.02. The first kappa shape index (κ1) is 18.5. The molecule has 0 aliphatic rings. The molecule has 0 aliphatic carbocycles. The highest BCUT2D eigenvalue weighted by Crippen LogP contribution is 2.15. The Morgan fingerprint density at radius 3 is 2.48 bits per heavy atom. The molecule has 25 heavy (non-hydrogen) atoms. The average molecular weight is 349 g/mol. The molecule has 0 bridgehead atoms. The molecule has 7 heteroatoms. The van der Waals surface area contributed by atoms with Crippen LogP contribution in [0.15, 0.2) is 40.8 Å². The van der Waals surface area contributed by atoms with Crippen LogP contribution < -0.4 is 10.1 Å². The Bertz CT molecular complexity index is 723. The lowest BCUT2D eigenvalue weighted by Gasteiger charge is -2.15. The summed E-state index contributed by atoms with van der Waals surface area (Å²) in [6.45, 7) is 3.81. The van der Waals surface area contributed by atoms with E-state index in [2.05, 4.69) is 5.32 Å². The minimum atomic E-state index is -1.09. The maximum absolute atomic E-state index is 12.8. The van der Waals surface area contributed by atoms with Crippen molar-refractivity contribution in [1.29, 1.82) is 0 Å². The van der Waals surface area contributed by atoms with Crippen LogP contribution in [0.2, 0.25) is 0 Å². The fourth-order valence-corrected chi connectivity index (χ4v) is 2.19. The van der Waals surface area contributed by atoms with Gasteiger partial charge >= 0.3 is 5.97 Å². The zero-order chi connectivity index (χ0) is 18.4. The molecule has 1 atom stereocenters. The minimum absolute atomic E-state index is 0.00714. The number of carboxylic acid groups (broad SMARTS) is 1. The normalized spacial score (nSPS) is 12.0. The number of carbonyl (C=O) groups is 2. The molecule has 0 spiro atoms. The van der Waals surface area contributed by atoms with Gasteiger partial charge in [0.1, 0.15) is 30.0 Å². The maximum atomic E-state index is 12.8. The van der Waals surface area contributed by atoms with Crippen LogP contribution in [0, 0.1) is 11.7 Å². The number of nitrogens with one attached hydrogen (secondary N) is 1. The quantitative estimate of drug-likeness (QED) is 0.764. The molecule has 2 aromatic rings. The van der Waals surface area contributed by atoms with E-state index in [1.165, 1.54) is 30.3 Å². The zero-order valence-electron chi connectivity index (χ0n) is 14.0. The van der Waals surface area contributed by atoms with Gasteiger partial charge in [0.15, 0.2) is 5.76 Å². The third-order valence-electron chi connectivity index (χ3n) is 3.39. The molecular formula is C18H20FNO5. The van der Waals surface area contributed by atoms with Crippen molar-refractivity contribution >= 4 is 11.9 Å². The van der Waals surface area contributed by atoms with E-state index in [9.17, 15) is 14.0 Å². The van der Waals surface area contributed by atoms with Gasteiger partial charge in [0.25, 0.3) is 5.91 Å². The lowest BCUT2D eigenvalue weighted by Crippen LogP contribution is -2.41. The molecule has 2 rings (SSSR count). The number of carbonyl (C=O) groups excluding carboxylic acids is 1. The standard InChI is InChI=1S/C18H20FNO5/c1-11(2)9-15(18(22)23)20-17(21)16-8-7-14(25-16)10-24-13-5-3-12(19)4-6-13/h3-8,11,15H,9-10H2,1-2H3,(H,20,21)(H,22,23)/t15-/m0/s1. The van der Waals surface area contributed by atoms with Crippen molar-refractivity contribution in [3.63, 3.8) is 0 Å². The van der Waals surface area contributed by atoms with E-state index < -0.39 is 17.9 Å². The predicted octanol–water partition coefficient (Wildman–Crippen LogP) is 3.23. The van der Waals surface area contributed by atoms with E-state index in [0.717, 1.165) is 0 Å². The molecule has 0 unspecified atom stereocenters. The number of benzene rings is 1. The largest absolute Gasteiger partial charge is 0.486 e. The number of amides is 1. The summed E-state index contributed by atoms with van der Waals surface area (Å²) < 4.78 is 23.6. The third-order valence-corrected chi connectivity index (χ3v) is 3.39. The van der Waals surface area contributed by atoms with Crippen molar-refractivity contribution < 1.29 is 28.2 Å². The smallest absolute Gasteiger partial charge is 0.326 e. The van der Waals surface area contributed by atoms with E-state index in [1.807, 2.05) is 13.8 Å². The minimum Gasteiger partial charge on any atom is -0.486 e. The van der Waals surface area contributed by atoms with Gasteiger partial charge in [-0.1, -0.05) is 13.8 Å². The van der Waals surface area contributed by atoms with Crippen molar-refractivity contribution in [3.05, 3.63) is 53.7 Å². The van der Waals surface area contributed by atoms with Crippen LogP contribution in [0.5, 0.6) is 5.75 Å². The van der Waals surface area contributed by atoms with Crippen LogP contribution in [-0.4, -0.2) is 23.0 Å². The Hall–Kier alpha value is -2.83. The van der Waals surface area contributed by atoms with Gasteiger partial charge in [-0.3, -0.25) is 4.79 Å². The molecule has 1 heterocycles. The summed E-state index contributed by atoms with van der Waals surface area (Å²) in [5, 5.41) is 11.6. The fraction of sp³-hybridized carbons (Fsp3) is 0.333. The molecule has 0 saturated heterocycles. The summed E-state index contributed by atoms with van der Waals surface area (Å²) in [6.07, 6.45) is 0.322. The second-order valence-electron chi connectivity index (χ2n) is 6.00. The van der Waals surface area contributed by atoms with Gasteiger partial charge in [-0.25, -0.2) is 9.18 Å². The molecule has 134 valence electrons. The van der Waals surface area contributed by atoms with Gasteiger partial charge in [-0.15, -0.1) is 0 Å². The van der Waals surface area contributed by atoms with Crippen LogP contribution in [0.25, 0.3) is 0 Å². The fourth-order valence-electron chi connectivity index (χ4n) is 2.19. The first-order chi connectivity index (χ1) is 11.8. The molecule has 0 aliphatic heterocycles. The number of hydrogen-bond acceptors (Lipinski definition) is 4. The number of aliphatic carboxylic acids is 1. The third kappa shape index (κ3) is 5.63. The van der Waals surface area contributed by atoms with Crippen LogP contribution in [0.3, 0.4) is 0 Å². The monoisotopic (exact) mass is 349 g/mol. The molecule has 1 aromatic carbocycles. The van der Waals surface area contributed by atoms with Crippen LogP contribution in [0.1, 0.15) is 36.6 Å². The Morgan fingerprint density at radius 1 is 1.20 bits per heavy atom. The van der Waals surface area contributed by atoms with Crippen molar-refractivity contribution in [2.75, 3.05) is 0 Å². The van der Waals surface area contributed by atoms with Gasteiger partial charge in [-0.05, 0) is 48.7 Å². The Balaban J connectivity index is 1.93. The van der Waals surface area contributed by atoms with Crippen LogP contribution in [0.4, 0.5) is 4.39 Å².